The highest BCUT2D eigenvalue weighted by Gasteiger charge is 2.58. The fraction of sp³-hybridized carbons (Fsp3) is 0.588. The normalized spacial score (nSPS) is 27.7. The van der Waals surface area contributed by atoms with Gasteiger partial charge in [0, 0.05) is 0 Å². The van der Waals surface area contributed by atoms with E-state index in [4.69, 9.17) is 24.7 Å². The van der Waals surface area contributed by atoms with Crippen LogP contribution in [0, 0.1) is 0 Å². The molecule has 1 amide bonds. The summed E-state index contributed by atoms with van der Waals surface area (Å²) < 4.78 is 24.3. The van der Waals surface area contributed by atoms with Crippen molar-refractivity contribution in [1.82, 2.24) is 24.8 Å². The summed E-state index contributed by atoms with van der Waals surface area (Å²) in [6.45, 7) is 5.15. The van der Waals surface area contributed by atoms with Crippen molar-refractivity contribution in [3.05, 3.63) is 12.7 Å². The second kappa shape index (κ2) is 7.21. The number of ether oxygens (including phenoxy) is 4. The summed E-state index contributed by atoms with van der Waals surface area (Å²) in [6.07, 6.45) is -0.199. The van der Waals surface area contributed by atoms with Crippen LogP contribution in [-0.4, -0.2) is 68.6 Å². The van der Waals surface area contributed by atoms with Crippen molar-refractivity contribution in [2.24, 2.45) is 0 Å². The Morgan fingerprint density at radius 2 is 2.03 bits per heavy atom. The number of anilines is 1. The monoisotopic (exact) mass is 406 g/mol. The van der Waals surface area contributed by atoms with E-state index >= 15 is 0 Å². The van der Waals surface area contributed by atoms with E-state index in [1.54, 1.807) is 25.3 Å². The van der Waals surface area contributed by atoms with E-state index in [-0.39, 0.29) is 19.0 Å². The third-order valence-corrected chi connectivity index (χ3v) is 4.66. The zero-order valence-corrected chi connectivity index (χ0v) is 16.2. The summed E-state index contributed by atoms with van der Waals surface area (Å²) in [4.78, 5) is 36.6. The fourth-order valence-electron chi connectivity index (χ4n) is 3.54. The smallest absolute Gasteiger partial charge is 0.325 e. The number of nitrogens with zero attached hydrogens (tertiary/aromatic N) is 4. The minimum absolute atomic E-state index is 0.227. The van der Waals surface area contributed by atoms with Crippen LogP contribution in [0.4, 0.5) is 5.82 Å². The molecule has 0 saturated carbocycles. The Bertz CT molecular complexity index is 946. The molecule has 0 bridgehead atoms. The van der Waals surface area contributed by atoms with Gasteiger partial charge >= 0.3 is 5.97 Å². The number of aromatic nitrogens is 4. The van der Waals surface area contributed by atoms with Gasteiger partial charge in [0.15, 0.2) is 29.6 Å². The Hall–Kier alpha value is -2.83. The van der Waals surface area contributed by atoms with Crippen LogP contribution >= 0.6 is 0 Å². The van der Waals surface area contributed by atoms with Gasteiger partial charge in [-0.05, 0) is 20.8 Å². The van der Waals surface area contributed by atoms with Crippen molar-refractivity contribution < 1.29 is 28.5 Å². The van der Waals surface area contributed by atoms with Gasteiger partial charge in [-0.25, -0.2) is 15.0 Å². The summed E-state index contributed by atoms with van der Waals surface area (Å²) in [6, 6.07) is 0. The molecule has 2 aromatic heterocycles. The number of imidazole rings is 1. The molecule has 2 saturated heterocycles. The van der Waals surface area contributed by atoms with Crippen LogP contribution in [0.25, 0.3) is 11.2 Å². The molecule has 0 unspecified atom stereocenters. The number of nitrogens with one attached hydrogen (secondary N) is 1. The number of amides is 1. The second-order valence-electron chi connectivity index (χ2n) is 7.12. The Labute approximate surface area is 165 Å². The number of nitrogens with two attached hydrogens (primary N) is 1. The van der Waals surface area contributed by atoms with Crippen molar-refractivity contribution in [2.75, 3.05) is 18.9 Å². The predicted molar refractivity (Wildman–Crippen MR) is 97.1 cm³/mol. The number of esters is 1. The minimum Gasteiger partial charge on any atom is -0.465 e. The van der Waals surface area contributed by atoms with Crippen LogP contribution < -0.4 is 11.1 Å². The van der Waals surface area contributed by atoms with Gasteiger partial charge in [-0.15, -0.1) is 0 Å². The van der Waals surface area contributed by atoms with Gasteiger partial charge in [-0.2, -0.15) is 0 Å². The zero-order valence-electron chi connectivity index (χ0n) is 16.2. The first-order chi connectivity index (χ1) is 13.8. The SMILES string of the molecule is CCOC(=O)CNC(=O)[C@H]1O[C@@H](n2cnc3c(N)ncnc32)[C@H]2OC(C)(C)O[C@@H]21. The van der Waals surface area contributed by atoms with Gasteiger partial charge in [-0.1, -0.05) is 0 Å². The molecule has 0 radical (unpaired) electrons. The number of fused-ring (bicyclic) bond motifs is 2. The lowest BCUT2D eigenvalue weighted by atomic mass is 10.1. The Balaban J connectivity index is 1.60. The second-order valence-corrected chi connectivity index (χ2v) is 7.12. The summed E-state index contributed by atoms with van der Waals surface area (Å²) in [7, 11) is 0. The summed E-state index contributed by atoms with van der Waals surface area (Å²) in [5.41, 5.74) is 6.72. The average Bonchev–Trinajstić information content (AvgIpc) is 3.31. The summed E-state index contributed by atoms with van der Waals surface area (Å²) in [5, 5.41) is 2.52. The highest BCUT2D eigenvalue weighted by Crippen LogP contribution is 2.43. The lowest BCUT2D eigenvalue weighted by molar-refractivity contribution is -0.197. The van der Waals surface area contributed by atoms with Crippen molar-refractivity contribution in [2.45, 2.75) is 51.1 Å². The molecule has 0 aliphatic carbocycles. The van der Waals surface area contributed by atoms with E-state index in [1.165, 1.54) is 12.7 Å². The first kappa shape index (κ1) is 19.5. The van der Waals surface area contributed by atoms with E-state index in [9.17, 15) is 9.59 Å². The molecule has 4 heterocycles. The maximum absolute atomic E-state index is 12.7. The maximum atomic E-state index is 12.7. The lowest BCUT2D eigenvalue weighted by Gasteiger charge is -2.24. The lowest BCUT2D eigenvalue weighted by Crippen LogP contribution is -2.44. The molecule has 2 fully saturated rings. The molecular weight excluding hydrogens is 384 g/mol. The molecule has 156 valence electrons. The number of hydrogen-bond acceptors (Lipinski definition) is 10. The third kappa shape index (κ3) is 3.50. The molecule has 0 aromatic carbocycles. The summed E-state index contributed by atoms with van der Waals surface area (Å²) in [5.74, 6) is -1.73. The Kier molecular flexibility index (Phi) is 4.84. The van der Waals surface area contributed by atoms with Crippen LogP contribution in [-0.2, 0) is 28.5 Å². The van der Waals surface area contributed by atoms with Crippen LogP contribution in [0.15, 0.2) is 12.7 Å². The van der Waals surface area contributed by atoms with Crippen molar-refractivity contribution in [3.8, 4) is 0 Å². The van der Waals surface area contributed by atoms with Gasteiger partial charge in [0.2, 0.25) is 0 Å². The van der Waals surface area contributed by atoms with E-state index in [2.05, 4.69) is 20.3 Å². The molecule has 2 aliphatic rings. The van der Waals surface area contributed by atoms with Crippen molar-refractivity contribution in [3.63, 3.8) is 0 Å². The molecule has 2 aromatic rings. The van der Waals surface area contributed by atoms with E-state index in [1.807, 2.05) is 0 Å². The molecule has 12 nitrogen and oxygen atoms in total. The van der Waals surface area contributed by atoms with Gasteiger partial charge in [-0.3, -0.25) is 14.2 Å². The molecular formula is C17H22N6O6. The van der Waals surface area contributed by atoms with Crippen molar-refractivity contribution in [1.29, 1.82) is 0 Å². The maximum Gasteiger partial charge on any atom is 0.325 e. The zero-order chi connectivity index (χ0) is 20.8. The van der Waals surface area contributed by atoms with Gasteiger partial charge in [0.05, 0.1) is 12.9 Å². The largest absolute Gasteiger partial charge is 0.465 e. The van der Waals surface area contributed by atoms with Gasteiger partial charge in [0.1, 0.15) is 30.6 Å². The summed E-state index contributed by atoms with van der Waals surface area (Å²) >= 11 is 0. The number of hydrogen-bond donors (Lipinski definition) is 2. The minimum atomic E-state index is -1.00. The molecule has 29 heavy (non-hydrogen) atoms. The van der Waals surface area contributed by atoms with Crippen LogP contribution in [0.5, 0.6) is 0 Å². The van der Waals surface area contributed by atoms with E-state index < -0.39 is 42.2 Å². The van der Waals surface area contributed by atoms with E-state index in [0.717, 1.165) is 0 Å². The fourth-order valence-corrected chi connectivity index (χ4v) is 3.54. The quantitative estimate of drug-likeness (QED) is 0.622. The van der Waals surface area contributed by atoms with Crippen LogP contribution in [0.1, 0.15) is 27.0 Å². The Morgan fingerprint density at radius 3 is 2.79 bits per heavy atom. The first-order valence-corrected chi connectivity index (χ1v) is 9.18. The van der Waals surface area contributed by atoms with Crippen LogP contribution in [0.3, 0.4) is 0 Å². The van der Waals surface area contributed by atoms with Gasteiger partial charge < -0.3 is 30.0 Å². The molecule has 0 spiro atoms. The number of rotatable bonds is 5. The highest BCUT2D eigenvalue weighted by atomic mass is 16.8. The molecule has 12 heteroatoms. The van der Waals surface area contributed by atoms with E-state index in [0.29, 0.717) is 11.2 Å². The third-order valence-electron chi connectivity index (χ3n) is 4.66. The topological polar surface area (TPSA) is 153 Å². The first-order valence-electron chi connectivity index (χ1n) is 9.18. The number of nitrogen functional groups attached to an aromatic ring is 1. The van der Waals surface area contributed by atoms with Gasteiger partial charge in [0.25, 0.3) is 5.91 Å². The van der Waals surface area contributed by atoms with Crippen LogP contribution in [0.2, 0.25) is 0 Å². The Morgan fingerprint density at radius 1 is 1.28 bits per heavy atom. The average molecular weight is 406 g/mol. The molecule has 3 N–H and O–H groups in total. The number of carbonyl (C=O) groups is 2. The predicted octanol–water partition coefficient (Wildman–Crippen LogP) is -0.495. The molecule has 2 aliphatic heterocycles. The molecule has 4 atom stereocenters. The standard InChI is InChI=1S/C17H22N6O6/c1-4-26-8(24)5-19-15(25)11-10-12(29-17(2,3)28-10)16(27-11)23-7-22-9-13(18)20-6-21-14(9)23/h6-7,10-12,16H,4-5H2,1-3H3,(H,19,25)(H2,18,20,21)/t10-,11+,12+,16-/m1/s1. The highest BCUT2D eigenvalue weighted by molar-refractivity contribution is 5.86. The van der Waals surface area contributed by atoms with Crippen molar-refractivity contribution >= 4 is 28.9 Å². The number of carbonyl (C=O) groups excluding carboxylic acids is 2. The molecule has 4 rings (SSSR count).